The van der Waals surface area contributed by atoms with Crippen LogP contribution in [0.15, 0.2) is 217 Å². The third kappa shape index (κ3) is 5.69. The molecule has 0 radical (unpaired) electrons. The van der Waals surface area contributed by atoms with Gasteiger partial charge in [0.2, 0.25) is 0 Å². The minimum atomic E-state index is 0.566. The van der Waals surface area contributed by atoms with Gasteiger partial charge in [0.1, 0.15) is 11.2 Å². The number of hydrogen-bond donors (Lipinski definition) is 0. The number of hydrogen-bond acceptors (Lipinski definition) is 4. The molecule has 0 unspecified atom stereocenters. The van der Waals surface area contributed by atoms with Crippen molar-refractivity contribution in [1.29, 1.82) is 0 Å². The molecule has 6 heteroatoms. The van der Waals surface area contributed by atoms with Crippen molar-refractivity contribution < 1.29 is 4.42 Å². The highest BCUT2D eigenvalue weighted by molar-refractivity contribution is 6.12. The minimum absolute atomic E-state index is 0.566. The third-order valence-corrected chi connectivity index (χ3v) is 12.4. The zero-order valence-corrected chi connectivity index (χ0v) is 33.9. The van der Waals surface area contributed by atoms with Crippen LogP contribution >= 0.6 is 0 Å². The average Bonchev–Trinajstić information content (AvgIpc) is 4.01. The Morgan fingerprint density at radius 1 is 0.270 bits per heavy atom. The standard InChI is InChI=1S/C57H35N5O/c1-3-14-36(15-4-1)37-28-31-51-48(33-37)44-21-8-11-24-50(44)62(51)42-19-13-16-38(32-42)55-58-56(60-57(59-55)40-27-30-47-46-22-9-12-25-53(46)63-54(47)35-40)39-26-29-45-43-20-7-10-23-49(43)61(52(45)34-39)41-17-5-2-6-18-41/h1-35H. The highest BCUT2D eigenvalue weighted by atomic mass is 16.3. The fraction of sp³-hybridized carbons (Fsp3) is 0. The number of fused-ring (bicyclic) bond motifs is 9. The molecule has 4 heterocycles. The summed E-state index contributed by atoms with van der Waals surface area (Å²) < 4.78 is 11.0. The van der Waals surface area contributed by atoms with Gasteiger partial charge >= 0.3 is 0 Å². The molecule has 4 aromatic heterocycles. The highest BCUT2D eigenvalue weighted by Gasteiger charge is 2.19. The zero-order chi connectivity index (χ0) is 41.4. The maximum Gasteiger partial charge on any atom is 0.164 e. The molecular weight excluding hydrogens is 771 g/mol. The summed E-state index contributed by atoms with van der Waals surface area (Å²) in [5.41, 5.74) is 13.2. The van der Waals surface area contributed by atoms with Gasteiger partial charge in [-0.15, -0.1) is 0 Å². The van der Waals surface area contributed by atoms with E-state index in [4.69, 9.17) is 19.4 Å². The molecule has 294 valence electrons. The van der Waals surface area contributed by atoms with Gasteiger partial charge in [-0.05, 0) is 83.9 Å². The Morgan fingerprint density at radius 3 is 1.51 bits per heavy atom. The maximum absolute atomic E-state index is 6.36. The largest absolute Gasteiger partial charge is 0.456 e. The van der Waals surface area contributed by atoms with E-state index >= 15 is 0 Å². The predicted octanol–water partition coefficient (Wildman–Crippen LogP) is 14.6. The van der Waals surface area contributed by atoms with Crippen LogP contribution in [0.3, 0.4) is 0 Å². The zero-order valence-electron chi connectivity index (χ0n) is 33.9. The van der Waals surface area contributed by atoms with E-state index in [1.54, 1.807) is 0 Å². The van der Waals surface area contributed by atoms with Crippen LogP contribution in [0, 0.1) is 0 Å². The van der Waals surface area contributed by atoms with Gasteiger partial charge < -0.3 is 13.6 Å². The van der Waals surface area contributed by atoms with E-state index in [9.17, 15) is 0 Å². The molecular formula is C57H35N5O. The lowest BCUT2D eigenvalue weighted by molar-refractivity contribution is 0.669. The molecule has 0 amide bonds. The molecule has 13 rings (SSSR count). The fourth-order valence-electron chi connectivity index (χ4n) is 9.44. The second-order valence-electron chi connectivity index (χ2n) is 16.0. The summed E-state index contributed by atoms with van der Waals surface area (Å²) in [6, 6.07) is 74.5. The summed E-state index contributed by atoms with van der Waals surface area (Å²) in [7, 11) is 0. The summed E-state index contributed by atoms with van der Waals surface area (Å²) >= 11 is 0. The number of para-hydroxylation sites is 4. The first-order chi connectivity index (χ1) is 31.2. The molecule has 0 saturated heterocycles. The van der Waals surface area contributed by atoms with Gasteiger partial charge in [-0.3, -0.25) is 0 Å². The van der Waals surface area contributed by atoms with Crippen molar-refractivity contribution in [2.75, 3.05) is 0 Å². The molecule has 0 fully saturated rings. The fourth-order valence-corrected chi connectivity index (χ4v) is 9.44. The monoisotopic (exact) mass is 805 g/mol. The van der Waals surface area contributed by atoms with Crippen molar-refractivity contribution in [2.24, 2.45) is 0 Å². The number of rotatable bonds is 6. The molecule has 0 N–H and O–H groups in total. The van der Waals surface area contributed by atoms with Crippen molar-refractivity contribution in [3.05, 3.63) is 212 Å². The topological polar surface area (TPSA) is 61.7 Å². The maximum atomic E-state index is 6.36. The number of nitrogens with zero attached hydrogens (tertiary/aromatic N) is 5. The van der Waals surface area contributed by atoms with E-state index in [-0.39, 0.29) is 0 Å². The van der Waals surface area contributed by atoms with Gasteiger partial charge in [0.05, 0.1) is 22.1 Å². The predicted molar refractivity (Wildman–Crippen MR) is 258 cm³/mol. The van der Waals surface area contributed by atoms with Crippen molar-refractivity contribution in [3.8, 4) is 56.7 Å². The van der Waals surface area contributed by atoms with E-state index in [2.05, 4.69) is 197 Å². The molecule has 0 aliphatic heterocycles. The van der Waals surface area contributed by atoms with Crippen LogP contribution in [0.1, 0.15) is 0 Å². The molecule has 0 saturated carbocycles. The van der Waals surface area contributed by atoms with Crippen LogP contribution < -0.4 is 0 Å². The van der Waals surface area contributed by atoms with Crippen LogP contribution in [0.2, 0.25) is 0 Å². The van der Waals surface area contributed by atoms with Gasteiger partial charge in [-0.25, -0.2) is 15.0 Å². The normalized spacial score (nSPS) is 11.8. The molecule has 0 spiro atoms. The smallest absolute Gasteiger partial charge is 0.164 e. The molecule has 63 heavy (non-hydrogen) atoms. The van der Waals surface area contributed by atoms with Crippen molar-refractivity contribution in [1.82, 2.24) is 24.1 Å². The Morgan fingerprint density at radius 2 is 0.762 bits per heavy atom. The number of aromatic nitrogens is 5. The number of benzene rings is 9. The second kappa shape index (κ2) is 14.0. The highest BCUT2D eigenvalue weighted by Crippen LogP contribution is 2.38. The van der Waals surface area contributed by atoms with E-state index in [1.807, 2.05) is 24.3 Å². The van der Waals surface area contributed by atoms with Crippen LogP contribution in [0.25, 0.3) is 122 Å². The van der Waals surface area contributed by atoms with Crippen LogP contribution in [0.5, 0.6) is 0 Å². The van der Waals surface area contributed by atoms with E-state index in [0.29, 0.717) is 17.5 Å². The first-order valence-corrected chi connectivity index (χ1v) is 21.2. The molecule has 0 aliphatic carbocycles. The van der Waals surface area contributed by atoms with E-state index < -0.39 is 0 Å². The number of furan rings is 1. The first kappa shape index (κ1) is 35.2. The lowest BCUT2D eigenvalue weighted by atomic mass is 10.0. The SMILES string of the molecule is c1ccc(-c2ccc3c(c2)c2ccccc2n3-c2cccc(-c3nc(-c4ccc5c(c4)oc4ccccc45)nc(-c4ccc5c6ccccc6n(-c6ccccc6)c5c4)n3)c2)cc1. The quantitative estimate of drug-likeness (QED) is 0.168. The van der Waals surface area contributed by atoms with Gasteiger partial charge in [0.25, 0.3) is 0 Å². The summed E-state index contributed by atoms with van der Waals surface area (Å²) in [5, 5.41) is 6.89. The van der Waals surface area contributed by atoms with Gasteiger partial charge in [-0.2, -0.15) is 0 Å². The third-order valence-electron chi connectivity index (χ3n) is 12.4. The van der Waals surface area contributed by atoms with Crippen LogP contribution in [0.4, 0.5) is 0 Å². The summed E-state index contributed by atoms with van der Waals surface area (Å²) in [6.07, 6.45) is 0. The van der Waals surface area contributed by atoms with Crippen LogP contribution in [-0.2, 0) is 0 Å². The Balaban J connectivity index is 1.01. The summed E-state index contributed by atoms with van der Waals surface area (Å²) in [4.78, 5) is 15.8. The molecule has 0 aliphatic rings. The Hall–Kier alpha value is -8.61. The van der Waals surface area contributed by atoms with E-state index in [0.717, 1.165) is 77.5 Å². The van der Waals surface area contributed by atoms with Gasteiger partial charge in [0.15, 0.2) is 17.5 Å². The van der Waals surface area contributed by atoms with Crippen molar-refractivity contribution >= 4 is 65.6 Å². The second-order valence-corrected chi connectivity index (χ2v) is 16.0. The lowest BCUT2D eigenvalue weighted by Crippen LogP contribution is -2.01. The Bertz CT molecular complexity index is 3920. The van der Waals surface area contributed by atoms with Crippen LogP contribution in [-0.4, -0.2) is 24.1 Å². The summed E-state index contributed by atoms with van der Waals surface area (Å²) in [5.74, 6) is 1.73. The Kier molecular flexibility index (Phi) is 7.80. The first-order valence-electron chi connectivity index (χ1n) is 21.2. The minimum Gasteiger partial charge on any atom is -0.456 e. The molecule has 9 aromatic carbocycles. The molecule has 0 bridgehead atoms. The molecule has 13 aromatic rings. The Labute approximate surface area is 361 Å². The van der Waals surface area contributed by atoms with Crippen molar-refractivity contribution in [3.63, 3.8) is 0 Å². The molecule has 6 nitrogen and oxygen atoms in total. The average molecular weight is 806 g/mol. The lowest BCUT2D eigenvalue weighted by Gasteiger charge is -2.12. The van der Waals surface area contributed by atoms with Gasteiger partial charge in [-0.1, -0.05) is 140 Å². The van der Waals surface area contributed by atoms with E-state index in [1.165, 1.54) is 27.3 Å². The summed E-state index contributed by atoms with van der Waals surface area (Å²) in [6.45, 7) is 0. The molecule has 0 atom stereocenters. The van der Waals surface area contributed by atoms with Gasteiger partial charge in [0, 0.05) is 60.4 Å². The van der Waals surface area contributed by atoms with Crippen molar-refractivity contribution in [2.45, 2.75) is 0 Å².